The van der Waals surface area contributed by atoms with Gasteiger partial charge in [0, 0.05) is 12.6 Å². The van der Waals surface area contributed by atoms with Crippen LogP contribution < -0.4 is 15.4 Å². The minimum absolute atomic E-state index is 0.0596. The molecule has 0 radical (unpaired) electrons. The van der Waals surface area contributed by atoms with Crippen molar-refractivity contribution in [3.05, 3.63) is 30.1 Å². The topological polar surface area (TPSA) is 87.3 Å². The Labute approximate surface area is 124 Å². The third kappa shape index (κ3) is 5.07. The van der Waals surface area contributed by atoms with Gasteiger partial charge in [0.2, 0.25) is 15.9 Å². The number of likely N-dealkylation sites (N-methyl/N-ethyl adjacent to an activating group) is 1. The van der Waals surface area contributed by atoms with E-state index >= 15 is 0 Å². The van der Waals surface area contributed by atoms with Gasteiger partial charge in [-0.3, -0.25) is 4.79 Å². The summed E-state index contributed by atoms with van der Waals surface area (Å²) in [6.45, 7) is 3.63. The van der Waals surface area contributed by atoms with Crippen LogP contribution in [0, 0.1) is 5.82 Å². The summed E-state index contributed by atoms with van der Waals surface area (Å²) in [6, 6.07) is 4.06. The molecule has 21 heavy (non-hydrogen) atoms. The molecule has 6 nitrogen and oxygen atoms in total. The Balaban J connectivity index is 2.71. The van der Waals surface area contributed by atoms with Gasteiger partial charge < -0.3 is 10.6 Å². The van der Waals surface area contributed by atoms with Crippen LogP contribution in [0.3, 0.4) is 0 Å². The van der Waals surface area contributed by atoms with E-state index in [-0.39, 0.29) is 6.04 Å². The second-order valence-electron chi connectivity index (χ2n) is 4.71. The second kappa shape index (κ2) is 7.48. The molecule has 2 unspecified atom stereocenters. The molecule has 3 N–H and O–H groups in total. The highest BCUT2D eigenvalue weighted by molar-refractivity contribution is 7.89. The van der Waals surface area contributed by atoms with Gasteiger partial charge in [-0.15, -0.1) is 0 Å². The zero-order valence-electron chi connectivity index (χ0n) is 12.2. The maximum absolute atomic E-state index is 13.5. The Bertz CT molecular complexity index is 592. The highest BCUT2D eigenvalue weighted by atomic mass is 32.2. The minimum Gasteiger partial charge on any atom is -0.353 e. The van der Waals surface area contributed by atoms with Gasteiger partial charge in [0.15, 0.2) is 0 Å². The van der Waals surface area contributed by atoms with Crippen LogP contribution >= 0.6 is 0 Å². The van der Waals surface area contributed by atoms with Gasteiger partial charge in [-0.1, -0.05) is 12.1 Å². The summed E-state index contributed by atoms with van der Waals surface area (Å²) in [5.41, 5.74) is 0. The fourth-order valence-electron chi connectivity index (χ4n) is 1.52. The molecule has 0 aliphatic rings. The van der Waals surface area contributed by atoms with E-state index in [1.807, 2.05) is 6.92 Å². The van der Waals surface area contributed by atoms with E-state index < -0.39 is 32.7 Å². The Kier molecular flexibility index (Phi) is 6.25. The van der Waals surface area contributed by atoms with Gasteiger partial charge >= 0.3 is 0 Å². The quantitative estimate of drug-likeness (QED) is 0.671. The van der Waals surface area contributed by atoms with Crippen LogP contribution in [0.4, 0.5) is 4.39 Å². The van der Waals surface area contributed by atoms with Gasteiger partial charge in [0.25, 0.3) is 0 Å². The van der Waals surface area contributed by atoms with Gasteiger partial charge in [-0.2, -0.15) is 4.72 Å². The third-order valence-electron chi connectivity index (χ3n) is 2.93. The lowest BCUT2D eigenvalue weighted by molar-refractivity contribution is -0.122. The zero-order chi connectivity index (χ0) is 16.0. The Morgan fingerprint density at radius 3 is 2.48 bits per heavy atom. The monoisotopic (exact) mass is 317 g/mol. The van der Waals surface area contributed by atoms with E-state index in [1.54, 1.807) is 7.05 Å². The Morgan fingerprint density at radius 1 is 1.29 bits per heavy atom. The molecule has 0 heterocycles. The molecule has 1 aromatic carbocycles. The summed E-state index contributed by atoms with van der Waals surface area (Å²) in [7, 11) is -2.33. The van der Waals surface area contributed by atoms with Crippen LogP contribution in [0.15, 0.2) is 29.2 Å². The maximum atomic E-state index is 13.5. The molecule has 0 aliphatic heterocycles. The summed E-state index contributed by atoms with van der Waals surface area (Å²) in [5, 5.41) is 5.54. The molecule has 8 heteroatoms. The molecule has 1 aromatic rings. The molecule has 0 aliphatic carbocycles. The van der Waals surface area contributed by atoms with Crippen molar-refractivity contribution in [2.45, 2.75) is 30.8 Å². The van der Waals surface area contributed by atoms with Crippen LogP contribution in [0.25, 0.3) is 0 Å². The number of carbonyl (C=O) groups is 1. The molecule has 0 spiro atoms. The van der Waals surface area contributed by atoms with Gasteiger partial charge in [-0.05, 0) is 33.0 Å². The van der Waals surface area contributed by atoms with E-state index in [2.05, 4.69) is 15.4 Å². The largest absolute Gasteiger partial charge is 0.353 e. The molecule has 0 saturated heterocycles. The Hall–Kier alpha value is -1.51. The minimum atomic E-state index is -4.08. The summed E-state index contributed by atoms with van der Waals surface area (Å²) in [4.78, 5) is 11.3. The number of carbonyl (C=O) groups excluding carboxylic acids is 1. The first kappa shape index (κ1) is 17.5. The van der Waals surface area contributed by atoms with Crippen molar-refractivity contribution in [2.24, 2.45) is 0 Å². The van der Waals surface area contributed by atoms with Crippen LogP contribution in [0.2, 0.25) is 0 Å². The molecule has 0 bridgehead atoms. The molecule has 0 saturated carbocycles. The van der Waals surface area contributed by atoms with Crippen molar-refractivity contribution in [2.75, 3.05) is 13.6 Å². The Morgan fingerprint density at radius 2 is 1.90 bits per heavy atom. The molecule has 0 fully saturated rings. The van der Waals surface area contributed by atoms with Crippen molar-refractivity contribution < 1.29 is 17.6 Å². The molecular formula is C13H20FN3O3S. The molecule has 118 valence electrons. The summed E-state index contributed by atoms with van der Waals surface area (Å²) >= 11 is 0. The van der Waals surface area contributed by atoms with Crippen molar-refractivity contribution in [3.63, 3.8) is 0 Å². The van der Waals surface area contributed by atoms with Crippen LogP contribution in [-0.4, -0.2) is 40.0 Å². The molecule has 1 rings (SSSR count). The molecule has 0 aromatic heterocycles. The first-order valence-electron chi connectivity index (χ1n) is 6.49. The molecule has 2 atom stereocenters. The van der Waals surface area contributed by atoms with E-state index in [0.29, 0.717) is 6.54 Å². The highest BCUT2D eigenvalue weighted by Crippen LogP contribution is 2.13. The maximum Gasteiger partial charge on any atom is 0.244 e. The van der Waals surface area contributed by atoms with Crippen LogP contribution in [-0.2, 0) is 14.8 Å². The fraction of sp³-hybridized carbons (Fsp3) is 0.462. The number of rotatable bonds is 7. The number of halogens is 1. The van der Waals surface area contributed by atoms with E-state index in [0.717, 1.165) is 12.1 Å². The lowest BCUT2D eigenvalue weighted by Crippen LogP contribution is -2.47. The van der Waals surface area contributed by atoms with Crippen molar-refractivity contribution in [1.82, 2.24) is 15.4 Å². The van der Waals surface area contributed by atoms with E-state index in [1.165, 1.54) is 19.1 Å². The van der Waals surface area contributed by atoms with Crippen LogP contribution in [0.5, 0.6) is 0 Å². The predicted octanol–water partition coefficient (Wildman–Crippen LogP) is 0.217. The average molecular weight is 317 g/mol. The SMILES string of the molecule is CNC(C)CNC(=O)C(C)NS(=O)(=O)c1ccccc1F. The number of nitrogens with one attached hydrogen (secondary N) is 3. The highest BCUT2D eigenvalue weighted by Gasteiger charge is 2.24. The van der Waals surface area contributed by atoms with Crippen molar-refractivity contribution in [3.8, 4) is 0 Å². The lowest BCUT2D eigenvalue weighted by Gasteiger charge is -2.16. The number of amides is 1. The standard InChI is InChI=1S/C13H20FN3O3S/c1-9(15-3)8-16-13(18)10(2)17-21(19,20)12-7-5-4-6-11(12)14/h4-7,9-10,15,17H,8H2,1-3H3,(H,16,18). The average Bonchev–Trinajstić information content (AvgIpc) is 2.43. The fourth-order valence-corrected chi connectivity index (χ4v) is 2.80. The van der Waals surface area contributed by atoms with E-state index in [9.17, 15) is 17.6 Å². The van der Waals surface area contributed by atoms with Crippen LogP contribution in [0.1, 0.15) is 13.8 Å². The number of sulfonamides is 1. The van der Waals surface area contributed by atoms with Gasteiger partial charge in [0.1, 0.15) is 10.7 Å². The molecule has 1 amide bonds. The summed E-state index contributed by atoms with van der Waals surface area (Å²) in [6.07, 6.45) is 0. The summed E-state index contributed by atoms with van der Waals surface area (Å²) < 4.78 is 39.7. The number of hydrogen-bond donors (Lipinski definition) is 3. The van der Waals surface area contributed by atoms with Gasteiger partial charge in [-0.25, -0.2) is 12.8 Å². The normalized spacial score (nSPS) is 14.5. The zero-order valence-corrected chi connectivity index (χ0v) is 13.0. The smallest absolute Gasteiger partial charge is 0.244 e. The van der Waals surface area contributed by atoms with Crippen molar-refractivity contribution >= 4 is 15.9 Å². The lowest BCUT2D eigenvalue weighted by atomic mass is 10.3. The number of benzene rings is 1. The molecular weight excluding hydrogens is 297 g/mol. The first-order chi connectivity index (χ1) is 9.77. The summed E-state index contributed by atoms with van der Waals surface area (Å²) in [5.74, 6) is -1.33. The number of hydrogen-bond acceptors (Lipinski definition) is 4. The van der Waals surface area contributed by atoms with E-state index in [4.69, 9.17) is 0 Å². The predicted molar refractivity (Wildman–Crippen MR) is 77.7 cm³/mol. The first-order valence-corrected chi connectivity index (χ1v) is 7.98. The van der Waals surface area contributed by atoms with Gasteiger partial charge in [0.05, 0.1) is 6.04 Å². The van der Waals surface area contributed by atoms with Crippen molar-refractivity contribution in [1.29, 1.82) is 0 Å². The third-order valence-corrected chi connectivity index (χ3v) is 4.50. The second-order valence-corrected chi connectivity index (χ2v) is 6.39.